The van der Waals surface area contributed by atoms with E-state index in [2.05, 4.69) is 10.0 Å². The largest absolute Gasteiger partial charge is 0.366 e. The molecule has 0 heterocycles. The van der Waals surface area contributed by atoms with E-state index in [1.807, 2.05) is 54.6 Å². The van der Waals surface area contributed by atoms with E-state index in [9.17, 15) is 18.0 Å². The summed E-state index contributed by atoms with van der Waals surface area (Å²) >= 11 is 0. The first kappa shape index (κ1) is 23.2. The molecule has 0 saturated carbocycles. The number of nitrogens with two attached hydrogens (primary N) is 1. The third-order valence-corrected chi connectivity index (χ3v) is 6.83. The lowest BCUT2D eigenvalue weighted by Gasteiger charge is -2.19. The fourth-order valence-electron chi connectivity index (χ4n) is 3.57. The van der Waals surface area contributed by atoms with Gasteiger partial charge in [-0.25, -0.2) is 8.42 Å². The Morgan fingerprint density at radius 1 is 0.794 bits per heavy atom. The molecule has 0 aliphatic carbocycles. The number of sulfonamides is 1. The summed E-state index contributed by atoms with van der Waals surface area (Å²) in [5.74, 6) is -1.11. The molecular weight excluding hydrogens is 450 g/mol. The maximum Gasteiger partial charge on any atom is 0.248 e. The van der Waals surface area contributed by atoms with Gasteiger partial charge >= 0.3 is 0 Å². The minimum Gasteiger partial charge on any atom is -0.366 e. The zero-order valence-corrected chi connectivity index (χ0v) is 19.0. The summed E-state index contributed by atoms with van der Waals surface area (Å²) in [6.45, 7) is 0. The van der Waals surface area contributed by atoms with Crippen LogP contribution < -0.4 is 15.8 Å². The van der Waals surface area contributed by atoms with Crippen LogP contribution in [-0.2, 0) is 21.2 Å². The average Bonchev–Trinajstić information content (AvgIpc) is 2.84. The predicted molar refractivity (Wildman–Crippen MR) is 132 cm³/mol. The second-order valence-corrected chi connectivity index (χ2v) is 9.52. The van der Waals surface area contributed by atoms with Crippen molar-refractivity contribution < 1.29 is 18.0 Å². The van der Waals surface area contributed by atoms with Crippen molar-refractivity contribution in [1.29, 1.82) is 0 Å². The topological polar surface area (TPSA) is 118 Å². The van der Waals surface area contributed by atoms with Gasteiger partial charge < -0.3 is 11.1 Å². The first-order valence-electron chi connectivity index (χ1n) is 10.6. The number of rotatable bonds is 8. The normalized spacial score (nSPS) is 12.2. The number of hydrogen-bond donors (Lipinski definition) is 3. The molecule has 0 unspecified atom stereocenters. The lowest BCUT2D eigenvalue weighted by molar-refractivity contribution is -0.117. The molecule has 0 aliphatic heterocycles. The summed E-state index contributed by atoms with van der Waals surface area (Å²) in [4.78, 5) is 24.5. The molecular formula is C26H23N3O4S. The quantitative estimate of drug-likeness (QED) is 0.363. The number of anilines is 1. The van der Waals surface area contributed by atoms with Crippen LogP contribution in [0.1, 0.15) is 15.9 Å². The molecule has 1 atom stereocenters. The molecule has 4 aromatic rings. The van der Waals surface area contributed by atoms with Crippen LogP contribution in [0, 0.1) is 0 Å². The number of hydrogen-bond acceptors (Lipinski definition) is 4. The minimum atomic E-state index is -4.00. The third kappa shape index (κ3) is 5.48. The standard InChI is InChI=1S/C26H23N3O4S/c27-25(30)20-10-13-22(14-11-20)28-26(31)24(16-18-6-2-1-3-7-18)29-34(32,33)23-15-12-19-8-4-5-9-21(19)17-23/h1-15,17,24,29H,16H2,(H2,27,30)(H,28,31)/t24-/m1/s1. The van der Waals surface area contributed by atoms with E-state index in [4.69, 9.17) is 5.73 Å². The highest BCUT2D eigenvalue weighted by Crippen LogP contribution is 2.20. The zero-order valence-electron chi connectivity index (χ0n) is 18.1. The van der Waals surface area contributed by atoms with Crippen molar-refractivity contribution in [1.82, 2.24) is 4.72 Å². The maximum absolute atomic E-state index is 13.2. The van der Waals surface area contributed by atoms with Gasteiger partial charge in [0.2, 0.25) is 21.8 Å². The van der Waals surface area contributed by atoms with Crippen LogP contribution in [0.4, 0.5) is 5.69 Å². The molecule has 172 valence electrons. The molecule has 4 aromatic carbocycles. The monoisotopic (exact) mass is 473 g/mol. The fourth-order valence-corrected chi connectivity index (χ4v) is 4.81. The van der Waals surface area contributed by atoms with E-state index >= 15 is 0 Å². The summed E-state index contributed by atoms with van der Waals surface area (Å²) in [6.07, 6.45) is 0.152. The molecule has 34 heavy (non-hydrogen) atoms. The summed E-state index contributed by atoms with van der Waals surface area (Å²) in [7, 11) is -4.00. The van der Waals surface area contributed by atoms with Crippen LogP contribution >= 0.6 is 0 Å². The van der Waals surface area contributed by atoms with Crippen molar-refractivity contribution >= 4 is 38.3 Å². The highest BCUT2D eigenvalue weighted by atomic mass is 32.2. The Morgan fingerprint density at radius 2 is 1.44 bits per heavy atom. The van der Waals surface area contributed by atoms with E-state index in [0.717, 1.165) is 16.3 Å². The molecule has 2 amide bonds. The van der Waals surface area contributed by atoms with E-state index in [1.165, 1.54) is 30.3 Å². The lowest BCUT2D eigenvalue weighted by atomic mass is 10.1. The number of fused-ring (bicyclic) bond motifs is 1. The van der Waals surface area contributed by atoms with Crippen LogP contribution in [0.2, 0.25) is 0 Å². The summed E-state index contributed by atoms with van der Waals surface area (Å²) in [5.41, 5.74) is 6.77. The predicted octanol–water partition coefficient (Wildman–Crippen LogP) is 3.47. The maximum atomic E-state index is 13.2. The van der Waals surface area contributed by atoms with Gasteiger partial charge in [0.25, 0.3) is 0 Å². The fraction of sp³-hybridized carbons (Fsp3) is 0.0769. The molecule has 0 radical (unpaired) electrons. The Bertz CT molecular complexity index is 1440. The summed E-state index contributed by atoms with van der Waals surface area (Å²) in [5, 5.41) is 4.41. The lowest BCUT2D eigenvalue weighted by Crippen LogP contribution is -2.45. The molecule has 0 aromatic heterocycles. The van der Waals surface area contributed by atoms with Crippen molar-refractivity contribution in [3.8, 4) is 0 Å². The number of carbonyl (C=O) groups is 2. The van der Waals surface area contributed by atoms with Gasteiger partial charge in [-0.3, -0.25) is 9.59 Å². The zero-order chi connectivity index (χ0) is 24.1. The molecule has 0 fully saturated rings. The number of benzene rings is 4. The Labute approximate surface area is 197 Å². The van der Waals surface area contributed by atoms with E-state index in [1.54, 1.807) is 12.1 Å². The number of amides is 2. The van der Waals surface area contributed by atoms with Gasteiger partial charge in [-0.15, -0.1) is 0 Å². The van der Waals surface area contributed by atoms with Gasteiger partial charge in [0.15, 0.2) is 0 Å². The van der Waals surface area contributed by atoms with Gasteiger partial charge in [-0.2, -0.15) is 4.72 Å². The molecule has 0 saturated heterocycles. The molecule has 0 bridgehead atoms. The summed E-state index contributed by atoms with van der Waals surface area (Å²) < 4.78 is 29.0. The smallest absolute Gasteiger partial charge is 0.248 e. The highest BCUT2D eigenvalue weighted by molar-refractivity contribution is 7.89. The highest BCUT2D eigenvalue weighted by Gasteiger charge is 2.26. The molecule has 7 nitrogen and oxygen atoms in total. The van der Waals surface area contributed by atoms with E-state index in [-0.39, 0.29) is 11.3 Å². The first-order valence-corrected chi connectivity index (χ1v) is 12.1. The molecule has 0 spiro atoms. The Hall–Kier alpha value is -4.01. The molecule has 4 N–H and O–H groups in total. The van der Waals surface area contributed by atoms with Crippen molar-refractivity contribution in [3.05, 3.63) is 108 Å². The van der Waals surface area contributed by atoms with Gasteiger partial charge in [-0.1, -0.05) is 60.7 Å². The SMILES string of the molecule is NC(=O)c1ccc(NC(=O)[C@@H](Cc2ccccc2)NS(=O)(=O)c2ccc3ccccc3c2)cc1. The van der Waals surface area contributed by atoms with Crippen LogP contribution in [0.3, 0.4) is 0 Å². The summed E-state index contributed by atoms with van der Waals surface area (Å²) in [6, 6.07) is 26.4. The van der Waals surface area contributed by atoms with Gasteiger partial charge in [0, 0.05) is 11.3 Å². The van der Waals surface area contributed by atoms with Gasteiger partial charge in [0.1, 0.15) is 6.04 Å². The second-order valence-electron chi connectivity index (χ2n) is 7.80. The third-order valence-electron chi connectivity index (χ3n) is 5.36. The van der Waals surface area contributed by atoms with Crippen molar-refractivity contribution in [3.63, 3.8) is 0 Å². The van der Waals surface area contributed by atoms with Gasteiger partial charge in [0.05, 0.1) is 4.90 Å². The van der Waals surface area contributed by atoms with Crippen LogP contribution in [0.15, 0.2) is 102 Å². The van der Waals surface area contributed by atoms with Crippen molar-refractivity contribution in [2.24, 2.45) is 5.73 Å². The van der Waals surface area contributed by atoms with Crippen molar-refractivity contribution in [2.45, 2.75) is 17.4 Å². The second kappa shape index (κ2) is 9.86. The van der Waals surface area contributed by atoms with Crippen LogP contribution in [0.5, 0.6) is 0 Å². The van der Waals surface area contributed by atoms with Crippen LogP contribution in [0.25, 0.3) is 10.8 Å². The van der Waals surface area contributed by atoms with Crippen LogP contribution in [-0.4, -0.2) is 26.3 Å². The number of primary amides is 1. The Balaban J connectivity index is 1.60. The Kier molecular flexibility index (Phi) is 6.72. The van der Waals surface area contributed by atoms with E-state index < -0.39 is 27.9 Å². The number of nitrogens with one attached hydrogen (secondary N) is 2. The van der Waals surface area contributed by atoms with Gasteiger partial charge in [-0.05, 0) is 59.2 Å². The average molecular weight is 474 g/mol. The molecule has 0 aliphatic rings. The molecule has 4 rings (SSSR count). The number of carbonyl (C=O) groups excluding carboxylic acids is 2. The van der Waals surface area contributed by atoms with Crippen molar-refractivity contribution in [2.75, 3.05) is 5.32 Å². The Morgan fingerprint density at radius 3 is 2.12 bits per heavy atom. The molecule has 8 heteroatoms. The van der Waals surface area contributed by atoms with E-state index in [0.29, 0.717) is 11.3 Å². The first-order chi connectivity index (χ1) is 16.3. The minimum absolute atomic E-state index is 0.0721.